The fourth-order valence-electron chi connectivity index (χ4n) is 5.60. The van der Waals surface area contributed by atoms with E-state index in [9.17, 15) is 24.9 Å². The van der Waals surface area contributed by atoms with E-state index in [0.29, 0.717) is 41.9 Å². The Balaban J connectivity index is 1.49. The summed E-state index contributed by atoms with van der Waals surface area (Å²) in [5, 5.41) is 24.4. The molecule has 2 bridgehead atoms. The molecule has 3 amide bonds. The van der Waals surface area contributed by atoms with Crippen molar-refractivity contribution in [2.75, 3.05) is 24.3 Å². The quantitative estimate of drug-likeness (QED) is 0.362. The summed E-state index contributed by atoms with van der Waals surface area (Å²) in [5.41, 5.74) is 2.50. The molecule has 1 aromatic heterocycles. The van der Waals surface area contributed by atoms with Gasteiger partial charge in [0.25, 0.3) is 0 Å². The minimum Gasteiger partial charge on any atom is -0.453 e. The molecule has 0 saturated carbocycles. The van der Waals surface area contributed by atoms with Gasteiger partial charge in [0.2, 0.25) is 5.91 Å². The molecule has 2 aliphatic heterocycles. The second-order valence-corrected chi connectivity index (χ2v) is 10.7. The van der Waals surface area contributed by atoms with E-state index in [2.05, 4.69) is 20.4 Å². The van der Waals surface area contributed by atoms with Crippen LogP contribution in [0.1, 0.15) is 67.0 Å². The molecule has 11 nitrogen and oxygen atoms in total. The standard InChI is InChI=1S/C32H29FN6O5/c1-18-4-3-5-26(39-13-11-27(44-32(39)42)28-20(16-34)6-7-21(17-35)29(28)33)19-10-12-36-24(14-19)23-9-8-22(37-31(41)43-2)15-25(23)38-30(18)40/h6-10,12,14-15,18,26-27H,3-5,11,13H2,1-2H3,(H,37,41)(H,38,40)/t18-,26+,27+/m1/s1. The average Bonchev–Trinajstić information content (AvgIpc) is 3.02. The molecule has 3 heterocycles. The van der Waals surface area contributed by atoms with Gasteiger partial charge in [0.1, 0.15) is 18.0 Å². The Morgan fingerprint density at radius 2 is 1.89 bits per heavy atom. The number of nitriles is 2. The zero-order valence-electron chi connectivity index (χ0n) is 24.1. The van der Waals surface area contributed by atoms with Crippen molar-refractivity contribution in [2.45, 2.75) is 44.8 Å². The first-order chi connectivity index (χ1) is 21.2. The first-order valence-electron chi connectivity index (χ1n) is 14.1. The van der Waals surface area contributed by atoms with Crippen LogP contribution >= 0.6 is 0 Å². The lowest BCUT2D eigenvalue weighted by Crippen LogP contribution is -2.42. The molecule has 224 valence electrons. The molecule has 2 aromatic carbocycles. The number of nitrogens with one attached hydrogen (secondary N) is 2. The summed E-state index contributed by atoms with van der Waals surface area (Å²) in [4.78, 5) is 44.5. The fourth-order valence-corrected chi connectivity index (χ4v) is 5.60. The second-order valence-electron chi connectivity index (χ2n) is 10.7. The maximum Gasteiger partial charge on any atom is 0.411 e. The zero-order chi connectivity index (χ0) is 31.4. The molecule has 0 unspecified atom stereocenters. The molecule has 2 aliphatic rings. The third-order valence-corrected chi connectivity index (χ3v) is 7.94. The molecule has 44 heavy (non-hydrogen) atoms. The number of anilines is 2. The largest absolute Gasteiger partial charge is 0.453 e. The van der Waals surface area contributed by atoms with Gasteiger partial charge in [-0.25, -0.2) is 14.0 Å². The lowest BCUT2D eigenvalue weighted by Gasteiger charge is -2.38. The molecule has 0 spiro atoms. The number of carbonyl (C=O) groups excluding carboxylic acids is 3. The van der Waals surface area contributed by atoms with E-state index in [1.165, 1.54) is 19.2 Å². The van der Waals surface area contributed by atoms with Gasteiger partial charge in [0.15, 0.2) is 0 Å². The highest BCUT2D eigenvalue weighted by Crippen LogP contribution is 2.39. The summed E-state index contributed by atoms with van der Waals surface area (Å²) in [6.07, 6.45) is 1.16. The number of carbonyl (C=O) groups is 3. The van der Waals surface area contributed by atoms with Crippen LogP contribution in [0.2, 0.25) is 0 Å². The van der Waals surface area contributed by atoms with Crippen molar-refractivity contribution >= 4 is 29.5 Å². The molecule has 1 fully saturated rings. The van der Waals surface area contributed by atoms with Gasteiger partial charge in [0.05, 0.1) is 41.7 Å². The summed E-state index contributed by atoms with van der Waals surface area (Å²) in [7, 11) is 1.25. The van der Waals surface area contributed by atoms with Gasteiger partial charge < -0.3 is 19.7 Å². The Labute approximate surface area is 253 Å². The number of rotatable bonds is 3. The van der Waals surface area contributed by atoms with Crippen molar-refractivity contribution in [2.24, 2.45) is 5.92 Å². The van der Waals surface area contributed by atoms with Crippen molar-refractivity contribution in [1.82, 2.24) is 9.88 Å². The summed E-state index contributed by atoms with van der Waals surface area (Å²) in [6.45, 7) is 2.03. The second kappa shape index (κ2) is 12.8. The van der Waals surface area contributed by atoms with Gasteiger partial charge in [-0.2, -0.15) is 10.5 Å². The highest BCUT2D eigenvalue weighted by atomic mass is 19.1. The molecule has 5 rings (SSSR count). The van der Waals surface area contributed by atoms with E-state index in [4.69, 9.17) is 4.74 Å². The summed E-state index contributed by atoms with van der Waals surface area (Å²) in [5.74, 6) is -1.42. The van der Waals surface area contributed by atoms with E-state index < -0.39 is 30.1 Å². The summed E-state index contributed by atoms with van der Waals surface area (Å²) >= 11 is 0. The van der Waals surface area contributed by atoms with E-state index in [-0.39, 0.29) is 41.5 Å². The van der Waals surface area contributed by atoms with E-state index >= 15 is 4.39 Å². The molecular formula is C32H29FN6O5. The first kappa shape index (κ1) is 30.0. The Kier molecular flexibility index (Phi) is 8.72. The lowest BCUT2D eigenvalue weighted by atomic mass is 9.92. The number of benzene rings is 2. The van der Waals surface area contributed by atoms with Gasteiger partial charge in [-0.3, -0.25) is 15.1 Å². The topological polar surface area (TPSA) is 157 Å². The summed E-state index contributed by atoms with van der Waals surface area (Å²) in [6, 6.07) is 14.5. The van der Waals surface area contributed by atoms with E-state index in [0.717, 1.165) is 5.56 Å². The van der Waals surface area contributed by atoms with Crippen LogP contribution in [0.5, 0.6) is 0 Å². The molecule has 0 aliphatic carbocycles. The number of amides is 3. The average molecular weight is 597 g/mol. The first-order valence-corrected chi connectivity index (χ1v) is 14.1. The fraction of sp³-hybridized carbons (Fsp3) is 0.312. The van der Waals surface area contributed by atoms with Crippen LogP contribution in [0.25, 0.3) is 11.3 Å². The number of aromatic nitrogens is 1. The van der Waals surface area contributed by atoms with Gasteiger partial charge in [-0.05, 0) is 60.9 Å². The normalized spacial score (nSPS) is 19.9. The summed E-state index contributed by atoms with van der Waals surface area (Å²) < 4.78 is 25.5. The number of hydrogen-bond acceptors (Lipinski definition) is 8. The van der Waals surface area contributed by atoms with Crippen molar-refractivity contribution < 1.29 is 28.2 Å². The van der Waals surface area contributed by atoms with Crippen LogP contribution in [-0.4, -0.2) is 41.6 Å². The maximum atomic E-state index is 15.1. The van der Waals surface area contributed by atoms with E-state index in [1.807, 2.05) is 25.1 Å². The third kappa shape index (κ3) is 6.01. The number of halogens is 1. The van der Waals surface area contributed by atoms with Crippen LogP contribution in [0.4, 0.5) is 25.4 Å². The van der Waals surface area contributed by atoms with E-state index in [1.54, 1.807) is 35.4 Å². The van der Waals surface area contributed by atoms with Crippen LogP contribution in [0.15, 0.2) is 48.7 Å². The van der Waals surface area contributed by atoms with Crippen molar-refractivity contribution in [1.29, 1.82) is 10.5 Å². The number of pyridine rings is 1. The minimum atomic E-state index is -1.02. The molecule has 1 saturated heterocycles. The van der Waals surface area contributed by atoms with Crippen molar-refractivity contribution in [3.63, 3.8) is 0 Å². The lowest BCUT2D eigenvalue weighted by molar-refractivity contribution is -0.119. The number of ether oxygens (including phenoxy) is 2. The van der Waals surface area contributed by atoms with Crippen molar-refractivity contribution in [3.05, 3.63) is 76.7 Å². The molecule has 3 aromatic rings. The highest BCUT2D eigenvalue weighted by Gasteiger charge is 2.36. The third-order valence-electron chi connectivity index (χ3n) is 7.94. The SMILES string of the molecule is COC(=O)Nc1ccc2c(c1)NC(=O)[C@H](C)CCC[C@H](N1CC[C@@H](c3c(C#N)ccc(C#N)c3F)OC1=O)c1ccnc-2c1. The number of methoxy groups -OCH3 is 1. The van der Waals surface area contributed by atoms with Gasteiger partial charge >= 0.3 is 12.2 Å². The van der Waals surface area contributed by atoms with Gasteiger partial charge in [-0.1, -0.05) is 13.3 Å². The maximum absolute atomic E-state index is 15.1. The predicted octanol–water partition coefficient (Wildman–Crippen LogP) is 6.19. The Morgan fingerprint density at radius 3 is 2.61 bits per heavy atom. The molecule has 2 N–H and O–H groups in total. The molecule has 12 heteroatoms. The molecule has 0 radical (unpaired) electrons. The number of nitrogens with zero attached hydrogens (tertiary/aromatic N) is 4. The predicted molar refractivity (Wildman–Crippen MR) is 156 cm³/mol. The zero-order valence-corrected chi connectivity index (χ0v) is 24.1. The minimum absolute atomic E-state index is 0.00778. The van der Waals surface area contributed by atoms with Gasteiger partial charge in [-0.15, -0.1) is 0 Å². The number of cyclic esters (lactones) is 1. The molecule has 3 atom stereocenters. The van der Waals surface area contributed by atoms with Crippen molar-refractivity contribution in [3.8, 4) is 23.4 Å². The Hall–Kier alpha value is -5.49. The molecular weight excluding hydrogens is 567 g/mol. The Bertz CT molecular complexity index is 1710. The smallest absolute Gasteiger partial charge is 0.411 e. The van der Waals surface area contributed by atoms with Crippen LogP contribution in [0.3, 0.4) is 0 Å². The van der Waals surface area contributed by atoms with Crippen LogP contribution in [-0.2, 0) is 14.3 Å². The number of fused-ring (bicyclic) bond motifs is 4. The van der Waals surface area contributed by atoms with Crippen LogP contribution in [0, 0.1) is 34.4 Å². The highest BCUT2D eigenvalue weighted by molar-refractivity contribution is 5.98. The monoisotopic (exact) mass is 596 g/mol. The van der Waals surface area contributed by atoms with Crippen LogP contribution < -0.4 is 10.6 Å². The number of hydrogen-bond donors (Lipinski definition) is 2. The van der Waals surface area contributed by atoms with Gasteiger partial charge in [0, 0.05) is 41.9 Å². The Morgan fingerprint density at radius 1 is 1.11 bits per heavy atom.